The number of carboxylic acids is 1. The Bertz CT molecular complexity index is 957. The number of ether oxygens (including phenoxy) is 2. The van der Waals surface area contributed by atoms with Crippen molar-refractivity contribution in [2.45, 2.75) is 6.61 Å². The van der Waals surface area contributed by atoms with E-state index in [1.54, 1.807) is 19.4 Å². The smallest absolute Gasteiger partial charge is 0.337 e. The van der Waals surface area contributed by atoms with Gasteiger partial charge in [0.2, 0.25) is 0 Å². The fraction of sp³-hybridized carbons (Fsp3) is 0.0952. The van der Waals surface area contributed by atoms with E-state index < -0.39 is 5.97 Å². The van der Waals surface area contributed by atoms with Crippen molar-refractivity contribution in [1.29, 1.82) is 0 Å². The van der Waals surface area contributed by atoms with Crippen LogP contribution in [0.25, 0.3) is 0 Å². The van der Waals surface area contributed by atoms with Crippen LogP contribution < -0.4 is 14.9 Å². The topological polar surface area (TPSA) is 93.0 Å². The molecule has 7 nitrogen and oxygen atoms in total. The molecule has 2 N–H and O–H groups in total. The molecule has 28 heavy (non-hydrogen) atoms. The number of nitrogens with one attached hydrogen (secondary N) is 1. The Morgan fingerprint density at radius 3 is 2.64 bits per heavy atom. The maximum Gasteiger partial charge on any atom is 0.337 e. The summed E-state index contributed by atoms with van der Waals surface area (Å²) in [5.74, 6) is 0.659. The van der Waals surface area contributed by atoms with Gasteiger partial charge in [0.1, 0.15) is 12.4 Å². The maximum atomic E-state index is 10.8. The summed E-state index contributed by atoms with van der Waals surface area (Å²) < 4.78 is 11.2. The van der Waals surface area contributed by atoms with Crippen LogP contribution in [0.3, 0.4) is 0 Å². The van der Waals surface area contributed by atoms with Gasteiger partial charge in [-0.3, -0.25) is 5.43 Å². The molecule has 3 aromatic rings. The SMILES string of the molecule is COc1cc(/C=N/Nc2ccc(C(=O)O)cn2)ccc1OCc1ccccc1. The lowest BCUT2D eigenvalue weighted by molar-refractivity contribution is 0.0696. The number of methoxy groups -OCH3 is 1. The van der Waals surface area contributed by atoms with Crippen LogP contribution in [0, 0.1) is 0 Å². The Morgan fingerprint density at radius 2 is 1.96 bits per heavy atom. The van der Waals surface area contributed by atoms with E-state index in [9.17, 15) is 4.79 Å². The number of nitrogens with zero attached hydrogens (tertiary/aromatic N) is 2. The van der Waals surface area contributed by atoms with Crippen molar-refractivity contribution < 1.29 is 19.4 Å². The first-order chi connectivity index (χ1) is 13.7. The summed E-state index contributed by atoms with van der Waals surface area (Å²) in [6.07, 6.45) is 2.87. The number of carboxylic acid groups (broad SMARTS) is 1. The molecule has 1 aromatic heterocycles. The third-order valence-electron chi connectivity index (χ3n) is 3.83. The van der Waals surface area contributed by atoms with Crippen molar-refractivity contribution >= 4 is 18.0 Å². The van der Waals surface area contributed by atoms with Crippen LogP contribution >= 0.6 is 0 Å². The largest absolute Gasteiger partial charge is 0.493 e. The molecule has 0 radical (unpaired) electrons. The third-order valence-corrected chi connectivity index (χ3v) is 3.83. The fourth-order valence-electron chi connectivity index (χ4n) is 2.38. The van der Waals surface area contributed by atoms with E-state index in [1.807, 2.05) is 48.5 Å². The number of pyridine rings is 1. The minimum atomic E-state index is -1.02. The number of rotatable bonds is 8. The summed E-state index contributed by atoms with van der Waals surface area (Å²) in [5, 5.41) is 13.0. The molecule has 0 unspecified atom stereocenters. The lowest BCUT2D eigenvalue weighted by Gasteiger charge is -2.11. The molecule has 0 atom stereocenters. The van der Waals surface area contributed by atoms with E-state index in [-0.39, 0.29) is 5.56 Å². The highest BCUT2D eigenvalue weighted by Crippen LogP contribution is 2.28. The van der Waals surface area contributed by atoms with E-state index in [0.29, 0.717) is 23.9 Å². The van der Waals surface area contributed by atoms with Gasteiger partial charge in [-0.05, 0) is 41.5 Å². The van der Waals surface area contributed by atoms with Crippen molar-refractivity contribution in [2.75, 3.05) is 12.5 Å². The lowest BCUT2D eigenvalue weighted by atomic mass is 10.2. The van der Waals surface area contributed by atoms with Gasteiger partial charge < -0.3 is 14.6 Å². The van der Waals surface area contributed by atoms with Gasteiger partial charge in [-0.15, -0.1) is 0 Å². The van der Waals surface area contributed by atoms with Crippen LogP contribution in [0.2, 0.25) is 0 Å². The predicted octanol–water partition coefficient (Wildman–Crippen LogP) is 3.81. The van der Waals surface area contributed by atoms with Crippen molar-refractivity contribution in [3.63, 3.8) is 0 Å². The summed E-state index contributed by atoms with van der Waals surface area (Å²) in [5.41, 5.74) is 4.74. The Balaban J connectivity index is 1.62. The molecule has 0 fully saturated rings. The highest BCUT2D eigenvalue weighted by molar-refractivity contribution is 5.87. The number of aromatic carboxylic acids is 1. The Labute approximate surface area is 162 Å². The summed E-state index contributed by atoms with van der Waals surface area (Å²) >= 11 is 0. The number of anilines is 1. The molecule has 142 valence electrons. The molecule has 0 saturated heterocycles. The molecule has 0 bridgehead atoms. The fourth-order valence-corrected chi connectivity index (χ4v) is 2.38. The second kappa shape index (κ2) is 9.18. The summed E-state index contributed by atoms with van der Waals surface area (Å²) in [6, 6.07) is 18.4. The zero-order chi connectivity index (χ0) is 19.8. The van der Waals surface area contributed by atoms with Gasteiger partial charge in [0.25, 0.3) is 0 Å². The third kappa shape index (κ3) is 5.07. The van der Waals surface area contributed by atoms with E-state index >= 15 is 0 Å². The van der Waals surface area contributed by atoms with Gasteiger partial charge in [0.05, 0.1) is 18.9 Å². The van der Waals surface area contributed by atoms with E-state index in [1.165, 1.54) is 12.3 Å². The van der Waals surface area contributed by atoms with Gasteiger partial charge in [-0.2, -0.15) is 5.10 Å². The van der Waals surface area contributed by atoms with Crippen molar-refractivity contribution in [2.24, 2.45) is 5.10 Å². The first-order valence-corrected chi connectivity index (χ1v) is 8.49. The molecule has 0 aliphatic carbocycles. The molecule has 0 spiro atoms. The maximum absolute atomic E-state index is 10.8. The Morgan fingerprint density at radius 1 is 1.14 bits per heavy atom. The molecular weight excluding hydrogens is 358 g/mol. The average molecular weight is 377 g/mol. The van der Waals surface area contributed by atoms with Crippen molar-refractivity contribution in [1.82, 2.24) is 4.98 Å². The van der Waals surface area contributed by atoms with E-state index in [4.69, 9.17) is 14.6 Å². The van der Waals surface area contributed by atoms with Crippen LogP contribution in [-0.2, 0) is 6.61 Å². The predicted molar refractivity (Wildman–Crippen MR) is 106 cm³/mol. The first kappa shape index (κ1) is 18.9. The normalized spacial score (nSPS) is 10.6. The highest BCUT2D eigenvalue weighted by atomic mass is 16.5. The Hall–Kier alpha value is -3.87. The molecular formula is C21H19N3O4. The zero-order valence-electron chi connectivity index (χ0n) is 15.2. The summed E-state index contributed by atoms with van der Waals surface area (Å²) in [7, 11) is 1.58. The number of hydrogen-bond acceptors (Lipinski definition) is 6. The molecule has 2 aromatic carbocycles. The van der Waals surface area contributed by atoms with Crippen LogP contribution in [0.15, 0.2) is 72.0 Å². The molecule has 7 heteroatoms. The molecule has 0 aliphatic rings. The Kier molecular flexibility index (Phi) is 6.20. The first-order valence-electron chi connectivity index (χ1n) is 8.49. The van der Waals surface area contributed by atoms with Gasteiger partial charge >= 0.3 is 5.97 Å². The highest BCUT2D eigenvalue weighted by Gasteiger charge is 2.06. The quantitative estimate of drug-likeness (QED) is 0.458. The standard InChI is InChI=1S/C21H19N3O4/c1-27-19-11-16(7-9-18(19)28-14-15-5-3-2-4-6-15)12-23-24-20-10-8-17(13-22-20)21(25)26/h2-13H,14H2,1H3,(H,22,24)(H,25,26)/b23-12+. The molecule has 3 rings (SSSR count). The summed E-state index contributed by atoms with van der Waals surface area (Å²) in [4.78, 5) is 14.8. The van der Waals surface area contributed by atoms with E-state index in [0.717, 1.165) is 11.1 Å². The van der Waals surface area contributed by atoms with Crippen molar-refractivity contribution in [3.05, 3.63) is 83.6 Å². The van der Waals surface area contributed by atoms with Crippen LogP contribution in [0.1, 0.15) is 21.5 Å². The molecule has 0 saturated carbocycles. The minimum absolute atomic E-state index is 0.116. The zero-order valence-corrected chi connectivity index (χ0v) is 15.2. The number of carbonyl (C=O) groups is 1. The average Bonchev–Trinajstić information content (AvgIpc) is 2.73. The molecule has 0 aliphatic heterocycles. The second-order valence-electron chi connectivity index (χ2n) is 5.79. The second-order valence-corrected chi connectivity index (χ2v) is 5.79. The van der Waals surface area contributed by atoms with Gasteiger partial charge in [-0.25, -0.2) is 9.78 Å². The number of aromatic nitrogens is 1. The summed E-state index contributed by atoms with van der Waals surface area (Å²) in [6.45, 7) is 0.449. The van der Waals surface area contributed by atoms with Gasteiger partial charge in [0, 0.05) is 6.20 Å². The van der Waals surface area contributed by atoms with Gasteiger partial charge in [0.15, 0.2) is 11.5 Å². The molecule has 1 heterocycles. The minimum Gasteiger partial charge on any atom is -0.493 e. The van der Waals surface area contributed by atoms with Crippen LogP contribution in [-0.4, -0.2) is 29.4 Å². The van der Waals surface area contributed by atoms with Gasteiger partial charge in [-0.1, -0.05) is 30.3 Å². The van der Waals surface area contributed by atoms with Crippen LogP contribution in [0.5, 0.6) is 11.5 Å². The van der Waals surface area contributed by atoms with Crippen LogP contribution in [0.4, 0.5) is 5.82 Å². The monoisotopic (exact) mass is 377 g/mol. The van der Waals surface area contributed by atoms with Crippen molar-refractivity contribution in [3.8, 4) is 11.5 Å². The lowest BCUT2D eigenvalue weighted by Crippen LogP contribution is -2.00. The number of hydrogen-bond donors (Lipinski definition) is 2. The number of benzene rings is 2. The molecule has 0 amide bonds. The van der Waals surface area contributed by atoms with E-state index in [2.05, 4.69) is 15.5 Å². The number of hydrazone groups is 1.